The molecule has 0 bridgehead atoms. The highest BCUT2D eigenvalue weighted by Crippen LogP contribution is 2.44. The fraction of sp³-hybridized carbons (Fsp3) is 0.538. The van der Waals surface area contributed by atoms with Gasteiger partial charge in [0.25, 0.3) is 5.91 Å². The molecule has 3 atom stereocenters. The fourth-order valence-electron chi connectivity index (χ4n) is 2.76. The summed E-state index contributed by atoms with van der Waals surface area (Å²) in [5.74, 6) is 0.180. The van der Waals surface area contributed by atoms with Gasteiger partial charge in [-0.3, -0.25) is 9.36 Å². The molecule has 24 heavy (non-hydrogen) atoms. The molecular weight excluding hydrogens is 356 g/mol. The van der Waals surface area contributed by atoms with Crippen LogP contribution in [-0.2, 0) is 9.67 Å². The van der Waals surface area contributed by atoms with Crippen molar-refractivity contribution in [2.75, 3.05) is 24.7 Å². The van der Waals surface area contributed by atoms with Gasteiger partial charge in [-0.1, -0.05) is 0 Å². The van der Waals surface area contributed by atoms with E-state index in [1.807, 2.05) is 6.92 Å². The number of aliphatic hydroxyl groups is 2. The van der Waals surface area contributed by atoms with Gasteiger partial charge in [-0.05, 0) is 18.5 Å². The largest absolute Gasteiger partial charge is 0.389 e. The maximum Gasteiger partial charge on any atom is 0.259 e. The van der Waals surface area contributed by atoms with Gasteiger partial charge in [-0.2, -0.15) is 9.97 Å². The smallest absolute Gasteiger partial charge is 0.259 e. The maximum atomic E-state index is 12.6. The highest BCUT2D eigenvalue weighted by molar-refractivity contribution is 8.01. The molecule has 11 heteroatoms. The molecule has 0 radical (unpaired) electrons. The third-order valence-corrected chi connectivity index (χ3v) is 5.60. The van der Waals surface area contributed by atoms with Crippen molar-refractivity contribution in [3.63, 3.8) is 0 Å². The fourth-order valence-corrected chi connectivity index (χ4v) is 4.36. The molecule has 0 spiro atoms. The van der Waals surface area contributed by atoms with Gasteiger partial charge in [0, 0.05) is 19.3 Å². The van der Waals surface area contributed by atoms with E-state index in [0.717, 1.165) is 11.8 Å². The molecule has 1 amide bonds. The molecule has 0 saturated carbocycles. The van der Waals surface area contributed by atoms with Crippen LogP contribution in [0.2, 0.25) is 5.28 Å². The van der Waals surface area contributed by atoms with Crippen molar-refractivity contribution in [3.05, 3.63) is 11.6 Å². The number of thioether (sulfide) groups is 1. The Morgan fingerprint density at radius 2 is 2.29 bits per heavy atom. The Hall–Kier alpha value is -1.62. The number of anilines is 1. The molecule has 9 nitrogen and oxygen atoms in total. The summed E-state index contributed by atoms with van der Waals surface area (Å²) in [7, 11) is 1.47. The minimum Gasteiger partial charge on any atom is -0.389 e. The monoisotopic (exact) mass is 372 g/mol. The number of likely N-dealkylation sites (N-methyl/N-ethyl adjacent to an activating group) is 1. The topological polar surface area (TPSA) is 125 Å². The van der Waals surface area contributed by atoms with Crippen molar-refractivity contribution in [1.82, 2.24) is 24.8 Å². The molecule has 2 aromatic rings. The first-order valence-electron chi connectivity index (χ1n) is 7.32. The lowest BCUT2D eigenvalue weighted by Gasteiger charge is -2.31. The summed E-state index contributed by atoms with van der Waals surface area (Å²) in [4.78, 5) is 23.7. The van der Waals surface area contributed by atoms with Crippen LogP contribution in [0.5, 0.6) is 0 Å². The minimum absolute atomic E-state index is 0.00899. The highest BCUT2D eigenvalue weighted by atomic mass is 35.5. The van der Waals surface area contributed by atoms with Crippen LogP contribution in [0.25, 0.3) is 11.2 Å². The lowest BCUT2D eigenvalue weighted by atomic mass is 10.1. The molecule has 3 heterocycles. The summed E-state index contributed by atoms with van der Waals surface area (Å²) in [5.41, 5.74) is 0.730. The number of fused-ring (bicyclic) bond motifs is 1. The Morgan fingerprint density at radius 3 is 2.88 bits per heavy atom. The van der Waals surface area contributed by atoms with E-state index in [0.29, 0.717) is 23.5 Å². The standard InChI is InChI=1S/C13H17ClN6O3S/c1-3-16-9-7-10(19-12(14)18-9)20(5-17-7)13(11(23)15-2)8(22)6(21)4-24-13/h5-6,8,21-22H,3-4H2,1-2H3,(H,15,23)(H,16,18,19)/t6-,8-,13+/m0/s1. The van der Waals surface area contributed by atoms with Crippen molar-refractivity contribution in [2.45, 2.75) is 24.0 Å². The molecule has 4 N–H and O–H groups in total. The van der Waals surface area contributed by atoms with Crippen molar-refractivity contribution in [2.24, 2.45) is 0 Å². The Balaban J connectivity index is 2.25. The lowest BCUT2D eigenvalue weighted by molar-refractivity contribution is -0.131. The summed E-state index contributed by atoms with van der Waals surface area (Å²) >= 11 is 7.12. The average Bonchev–Trinajstić information content (AvgIpc) is 3.10. The summed E-state index contributed by atoms with van der Waals surface area (Å²) in [6.07, 6.45) is -0.966. The lowest BCUT2D eigenvalue weighted by Crippen LogP contribution is -2.53. The van der Waals surface area contributed by atoms with E-state index in [-0.39, 0.29) is 11.0 Å². The SMILES string of the molecule is CCNc1nc(Cl)nc2c1ncn2[C@@]1(C(=O)NC)SC[C@H](O)[C@@H]1O. The first-order valence-corrected chi connectivity index (χ1v) is 8.69. The van der Waals surface area contributed by atoms with Crippen LogP contribution >= 0.6 is 23.4 Å². The second-order valence-electron chi connectivity index (χ2n) is 5.26. The number of carbonyl (C=O) groups is 1. The van der Waals surface area contributed by atoms with Gasteiger partial charge < -0.3 is 20.8 Å². The number of hydrogen-bond acceptors (Lipinski definition) is 8. The Kier molecular flexibility index (Phi) is 4.56. The van der Waals surface area contributed by atoms with Crippen LogP contribution in [0, 0.1) is 0 Å². The van der Waals surface area contributed by atoms with Gasteiger partial charge in [0.1, 0.15) is 6.10 Å². The van der Waals surface area contributed by atoms with Gasteiger partial charge in [-0.25, -0.2) is 4.98 Å². The zero-order valence-corrected chi connectivity index (χ0v) is 14.6. The quantitative estimate of drug-likeness (QED) is 0.543. The van der Waals surface area contributed by atoms with Crippen LogP contribution in [-0.4, -0.2) is 67.2 Å². The van der Waals surface area contributed by atoms with Crippen LogP contribution in [0.1, 0.15) is 6.92 Å². The Bertz CT molecular complexity index is 786. The van der Waals surface area contributed by atoms with Crippen LogP contribution in [0.4, 0.5) is 5.82 Å². The molecule has 3 rings (SSSR count). The molecule has 1 fully saturated rings. The van der Waals surface area contributed by atoms with Gasteiger partial charge in [0.05, 0.1) is 12.4 Å². The number of rotatable bonds is 4. The minimum atomic E-state index is -1.48. The van der Waals surface area contributed by atoms with Crippen molar-refractivity contribution < 1.29 is 15.0 Å². The van der Waals surface area contributed by atoms with E-state index in [1.54, 1.807) is 0 Å². The average molecular weight is 373 g/mol. The van der Waals surface area contributed by atoms with Crippen molar-refractivity contribution in [1.29, 1.82) is 0 Å². The number of aliphatic hydroxyl groups excluding tert-OH is 2. The molecule has 1 saturated heterocycles. The van der Waals surface area contributed by atoms with Gasteiger partial charge in [0.2, 0.25) is 10.2 Å². The third-order valence-electron chi connectivity index (χ3n) is 3.86. The van der Waals surface area contributed by atoms with Crippen LogP contribution < -0.4 is 10.6 Å². The first-order chi connectivity index (χ1) is 11.5. The van der Waals surface area contributed by atoms with Crippen molar-refractivity contribution in [3.8, 4) is 0 Å². The predicted molar refractivity (Wildman–Crippen MR) is 91.0 cm³/mol. The van der Waals surface area contributed by atoms with E-state index in [1.165, 1.54) is 17.9 Å². The van der Waals surface area contributed by atoms with Crippen molar-refractivity contribution >= 4 is 46.3 Å². The van der Waals surface area contributed by atoms with Crippen LogP contribution in [0.15, 0.2) is 6.33 Å². The highest BCUT2D eigenvalue weighted by Gasteiger charge is 2.56. The zero-order chi connectivity index (χ0) is 17.5. The second kappa shape index (κ2) is 6.36. The number of halogens is 1. The van der Waals surface area contributed by atoms with Gasteiger partial charge >= 0.3 is 0 Å². The number of hydrogen-bond donors (Lipinski definition) is 4. The number of carbonyl (C=O) groups excluding carboxylic acids is 1. The van der Waals surface area contributed by atoms with E-state index in [9.17, 15) is 15.0 Å². The molecule has 0 unspecified atom stereocenters. The summed E-state index contributed by atoms with van der Waals surface area (Å²) < 4.78 is 1.45. The molecule has 1 aliphatic rings. The predicted octanol–water partition coefficient (Wildman–Crippen LogP) is -0.221. The number of nitrogens with zero attached hydrogens (tertiary/aromatic N) is 4. The first kappa shape index (κ1) is 17.2. The van der Waals surface area contributed by atoms with Gasteiger partial charge in [0.15, 0.2) is 17.0 Å². The number of amides is 1. The zero-order valence-electron chi connectivity index (χ0n) is 13.0. The normalized spacial score (nSPS) is 26.7. The van der Waals surface area contributed by atoms with Crippen LogP contribution in [0.3, 0.4) is 0 Å². The Morgan fingerprint density at radius 1 is 1.54 bits per heavy atom. The molecule has 0 aromatic carbocycles. The summed E-state index contributed by atoms with van der Waals surface area (Å²) in [6, 6.07) is 0. The molecule has 1 aliphatic heterocycles. The third kappa shape index (κ3) is 2.41. The molecule has 0 aliphatic carbocycles. The van der Waals surface area contributed by atoms with Gasteiger partial charge in [-0.15, -0.1) is 11.8 Å². The maximum absolute atomic E-state index is 12.6. The number of aromatic nitrogens is 4. The van der Waals surface area contributed by atoms with E-state index in [4.69, 9.17) is 11.6 Å². The summed E-state index contributed by atoms with van der Waals surface area (Å²) in [6.45, 7) is 2.50. The molecular formula is C13H17ClN6O3S. The number of nitrogens with one attached hydrogen (secondary N) is 2. The van der Waals surface area contributed by atoms with E-state index < -0.39 is 23.0 Å². The van der Waals surface area contributed by atoms with E-state index >= 15 is 0 Å². The Labute approximate surface area is 146 Å². The summed E-state index contributed by atoms with van der Waals surface area (Å²) in [5, 5.41) is 26.1. The molecule has 2 aromatic heterocycles. The molecule has 130 valence electrons. The van der Waals surface area contributed by atoms with E-state index in [2.05, 4.69) is 25.6 Å². The second-order valence-corrected chi connectivity index (χ2v) is 6.84. The number of imidazole rings is 1.